The van der Waals surface area contributed by atoms with Crippen LogP contribution in [0.4, 0.5) is 0 Å². The van der Waals surface area contributed by atoms with Crippen LogP contribution < -0.4 is 0 Å². The van der Waals surface area contributed by atoms with Gasteiger partial charge in [0.1, 0.15) is 0 Å². The minimum atomic E-state index is 0.0861. The normalized spacial score (nSPS) is 12.0. The van der Waals surface area contributed by atoms with Gasteiger partial charge in [-0.25, -0.2) is 0 Å². The number of aryl methyl sites for hydroxylation is 1. The summed E-state index contributed by atoms with van der Waals surface area (Å²) in [4.78, 5) is 15.3. The second kappa shape index (κ2) is 9.11. The van der Waals surface area contributed by atoms with E-state index in [1.54, 1.807) is 0 Å². The van der Waals surface area contributed by atoms with E-state index in [9.17, 15) is 4.79 Å². The molecule has 146 valence electrons. The highest BCUT2D eigenvalue weighted by molar-refractivity contribution is 6.30. The Morgan fingerprint density at radius 3 is 2.61 bits per heavy atom. The van der Waals surface area contributed by atoms with Gasteiger partial charge >= 0.3 is 0 Å². The van der Waals surface area contributed by atoms with Crippen LogP contribution in [0.25, 0.3) is 0 Å². The van der Waals surface area contributed by atoms with Gasteiger partial charge in [-0.3, -0.25) is 4.79 Å². The number of rotatable bonds is 7. The lowest BCUT2D eigenvalue weighted by Crippen LogP contribution is -2.38. The van der Waals surface area contributed by atoms with Crippen LogP contribution in [0.2, 0.25) is 5.02 Å². The highest BCUT2D eigenvalue weighted by atomic mass is 35.5. The summed E-state index contributed by atoms with van der Waals surface area (Å²) < 4.78 is 2.19. The van der Waals surface area contributed by atoms with E-state index in [4.69, 9.17) is 11.6 Å². The number of benzene rings is 2. The molecular formula is C24H27ClN2O. The van der Waals surface area contributed by atoms with Crippen molar-refractivity contribution in [1.82, 2.24) is 9.47 Å². The predicted octanol–water partition coefficient (Wildman–Crippen LogP) is 5.94. The van der Waals surface area contributed by atoms with Crippen molar-refractivity contribution in [2.45, 2.75) is 46.3 Å². The molecule has 1 atom stereocenters. The van der Waals surface area contributed by atoms with Crippen molar-refractivity contribution in [3.8, 4) is 0 Å². The van der Waals surface area contributed by atoms with Gasteiger partial charge in [-0.1, -0.05) is 48.9 Å². The SMILES string of the molecule is CC[C@@H](C)N(Cc1cccn1Cc1cccc(Cl)c1)C(=O)c1ccccc1C. The summed E-state index contributed by atoms with van der Waals surface area (Å²) in [5.41, 5.74) is 4.04. The van der Waals surface area contributed by atoms with E-state index in [1.807, 2.05) is 60.4 Å². The molecule has 0 aliphatic carbocycles. The van der Waals surface area contributed by atoms with E-state index < -0.39 is 0 Å². The summed E-state index contributed by atoms with van der Waals surface area (Å²) in [6.07, 6.45) is 2.97. The fourth-order valence-electron chi connectivity index (χ4n) is 3.37. The summed E-state index contributed by atoms with van der Waals surface area (Å²) in [5, 5.41) is 0.738. The smallest absolute Gasteiger partial charge is 0.254 e. The van der Waals surface area contributed by atoms with Gasteiger partial charge in [-0.15, -0.1) is 0 Å². The molecule has 3 nitrogen and oxygen atoms in total. The molecule has 0 radical (unpaired) electrons. The Kier molecular flexibility index (Phi) is 6.58. The third-order valence-corrected chi connectivity index (χ3v) is 5.49. The van der Waals surface area contributed by atoms with Crippen LogP contribution in [0.3, 0.4) is 0 Å². The van der Waals surface area contributed by atoms with Gasteiger partial charge in [0.2, 0.25) is 0 Å². The van der Waals surface area contributed by atoms with Crippen LogP contribution >= 0.6 is 11.6 Å². The highest BCUT2D eigenvalue weighted by Crippen LogP contribution is 2.19. The average Bonchev–Trinajstić information content (AvgIpc) is 3.12. The van der Waals surface area contributed by atoms with Crippen molar-refractivity contribution in [3.05, 3.63) is 94.3 Å². The largest absolute Gasteiger partial charge is 0.345 e. The average molecular weight is 395 g/mol. The van der Waals surface area contributed by atoms with Crippen LogP contribution in [0.15, 0.2) is 66.9 Å². The van der Waals surface area contributed by atoms with E-state index in [1.165, 1.54) is 0 Å². The van der Waals surface area contributed by atoms with E-state index in [0.29, 0.717) is 6.54 Å². The van der Waals surface area contributed by atoms with Gasteiger partial charge in [-0.05, 0) is 61.7 Å². The third kappa shape index (κ3) is 4.66. The fraction of sp³-hybridized carbons (Fsp3) is 0.292. The molecule has 1 amide bonds. The van der Waals surface area contributed by atoms with Crippen LogP contribution in [0.5, 0.6) is 0 Å². The maximum Gasteiger partial charge on any atom is 0.254 e. The van der Waals surface area contributed by atoms with Crippen molar-refractivity contribution in [2.75, 3.05) is 0 Å². The molecular weight excluding hydrogens is 368 g/mol. The minimum Gasteiger partial charge on any atom is -0.345 e. The van der Waals surface area contributed by atoms with Gasteiger partial charge in [0.25, 0.3) is 5.91 Å². The van der Waals surface area contributed by atoms with Crippen molar-refractivity contribution < 1.29 is 4.79 Å². The molecule has 0 saturated carbocycles. The lowest BCUT2D eigenvalue weighted by molar-refractivity contribution is 0.0666. The fourth-order valence-corrected chi connectivity index (χ4v) is 3.58. The number of carbonyl (C=O) groups is 1. The summed E-state index contributed by atoms with van der Waals surface area (Å²) in [7, 11) is 0. The zero-order valence-corrected chi connectivity index (χ0v) is 17.5. The molecule has 28 heavy (non-hydrogen) atoms. The molecule has 0 aliphatic rings. The zero-order valence-electron chi connectivity index (χ0n) is 16.7. The molecule has 0 aliphatic heterocycles. The van der Waals surface area contributed by atoms with Crippen molar-refractivity contribution in [3.63, 3.8) is 0 Å². The Hall–Kier alpha value is -2.52. The Balaban J connectivity index is 1.86. The minimum absolute atomic E-state index is 0.0861. The monoisotopic (exact) mass is 394 g/mol. The first-order valence-electron chi connectivity index (χ1n) is 9.74. The molecule has 2 aromatic carbocycles. The molecule has 0 unspecified atom stereocenters. The highest BCUT2D eigenvalue weighted by Gasteiger charge is 2.23. The Morgan fingerprint density at radius 2 is 1.89 bits per heavy atom. The first-order chi connectivity index (χ1) is 13.5. The van der Waals surface area contributed by atoms with Crippen LogP contribution in [-0.2, 0) is 13.1 Å². The second-order valence-electron chi connectivity index (χ2n) is 7.26. The van der Waals surface area contributed by atoms with E-state index in [0.717, 1.165) is 40.4 Å². The molecule has 0 bridgehead atoms. The number of nitrogens with zero attached hydrogens (tertiary/aromatic N) is 2. The number of amides is 1. The van der Waals surface area contributed by atoms with E-state index >= 15 is 0 Å². The van der Waals surface area contributed by atoms with Crippen LogP contribution in [0.1, 0.15) is 47.4 Å². The summed E-state index contributed by atoms with van der Waals surface area (Å²) in [6, 6.07) is 20.0. The van der Waals surface area contributed by atoms with Gasteiger partial charge in [0, 0.05) is 35.1 Å². The molecule has 0 fully saturated rings. The maximum atomic E-state index is 13.3. The second-order valence-corrected chi connectivity index (χ2v) is 7.70. The summed E-state index contributed by atoms with van der Waals surface area (Å²) >= 11 is 6.13. The van der Waals surface area contributed by atoms with Gasteiger partial charge in [0.05, 0.1) is 6.54 Å². The standard InChI is InChI=1S/C24H27ClN2O/c1-4-19(3)27(24(28)23-13-6-5-9-18(23)2)17-22-12-8-14-26(22)16-20-10-7-11-21(25)15-20/h5-15,19H,4,16-17H2,1-3H3/t19-/m1/s1. The quantitative estimate of drug-likeness (QED) is 0.486. The van der Waals surface area contributed by atoms with Gasteiger partial charge < -0.3 is 9.47 Å². The van der Waals surface area contributed by atoms with E-state index in [-0.39, 0.29) is 11.9 Å². The van der Waals surface area contributed by atoms with Gasteiger partial charge in [-0.2, -0.15) is 0 Å². The Bertz CT molecular complexity index is 947. The molecule has 1 heterocycles. The molecule has 1 aromatic heterocycles. The number of carbonyl (C=O) groups excluding carboxylic acids is 1. The lowest BCUT2D eigenvalue weighted by Gasteiger charge is -2.30. The summed E-state index contributed by atoms with van der Waals surface area (Å²) in [6.45, 7) is 7.53. The zero-order chi connectivity index (χ0) is 20.1. The van der Waals surface area contributed by atoms with Crippen molar-refractivity contribution >= 4 is 17.5 Å². The number of hydrogen-bond acceptors (Lipinski definition) is 1. The number of aromatic nitrogens is 1. The summed E-state index contributed by atoms with van der Waals surface area (Å²) in [5.74, 6) is 0.0861. The molecule has 3 aromatic rings. The van der Waals surface area contributed by atoms with Crippen molar-refractivity contribution in [2.24, 2.45) is 0 Å². The van der Waals surface area contributed by atoms with Gasteiger partial charge in [0.15, 0.2) is 0 Å². The third-order valence-electron chi connectivity index (χ3n) is 5.26. The Labute approximate surface area is 172 Å². The first kappa shape index (κ1) is 20.2. The topological polar surface area (TPSA) is 25.2 Å². The lowest BCUT2D eigenvalue weighted by atomic mass is 10.1. The van der Waals surface area contributed by atoms with Crippen molar-refractivity contribution in [1.29, 1.82) is 0 Å². The predicted molar refractivity (Wildman–Crippen MR) is 116 cm³/mol. The van der Waals surface area contributed by atoms with Crippen LogP contribution in [0, 0.1) is 6.92 Å². The first-order valence-corrected chi connectivity index (χ1v) is 10.1. The number of halogens is 1. The molecule has 4 heteroatoms. The molecule has 0 spiro atoms. The molecule has 0 N–H and O–H groups in total. The number of hydrogen-bond donors (Lipinski definition) is 0. The molecule has 0 saturated heterocycles. The maximum absolute atomic E-state index is 13.3. The Morgan fingerprint density at radius 1 is 1.11 bits per heavy atom. The van der Waals surface area contributed by atoms with E-state index in [2.05, 4.69) is 36.7 Å². The van der Waals surface area contributed by atoms with Crippen LogP contribution in [-0.4, -0.2) is 21.4 Å². The molecule has 3 rings (SSSR count).